The van der Waals surface area contributed by atoms with E-state index in [2.05, 4.69) is 38.4 Å². The first-order valence-corrected chi connectivity index (χ1v) is 11.1. The van der Waals surface area contributed by atoms with Crippen molar-refractivity contribution in [3.63, 3.8) is 0 Å². The lowest BCUT2D eigenvalue weighted by Crippen LogP contribution is -2.38. The smallest absolute Gasteiger partial charge is 0.145 e. The third-order valence-electron chi connectivity index (χ3n) is 5.77. The molecule has 1 aliphatic heterocycles. The molecule has 1 N–H and O–H groups in total. The molecule has 3 aromatic heterocycles. The molecule has 7 nitrogen and oxygen atoms in total. The van der Waals surface area contributed by atoms with E-state index in [1.54, 1.807) is 7.11 Å². The Balaban J connectivity index is 1.25. The molecule has 1 atom stereocenters. The minimum atomic E-state index is -0.0695. The van der Waals surface area contributed by atoms with E-state index < -0.39 is 0 Å². The quantitative estimate of drug-likeness (QED) is 0.467. The summed E-state index contributed by atoms with van der Waals surface area (Å²) in [5, 5.41) is 4.38. The minimum absolute atomic E-state index is 0.0695. The highest BCUT2D eigenvalue weighted by Crippen LogP contribution is 2.26. The Kier molecular flexibility index (Phi) is 6.15. The maximum Gasteiger partial charge on any atom is 0.145 e. The molecular formula is C26H27N5O2. The summed E-state index contributed by atoms with van der Waals surface area (Å²) in [6.07, 6.45) is 1.76. The zero-order valence-electron chi connectivity index (χ0n) is 18.9. The number of ether oxygens (including phenoxy) is 2. The number of morpholine rings is 1. The summed E-state index contributed by atoms with van der Waals surface area (Å²) in [6.45, 7) is 5.03. The van der Waals surface area contributed by atoms with E-state index in [-0.39, 0.29) is 6.10 Å². The molecule has 1 saturated heterocycles. The van der Waals surface area contributed by atoms with Gasteiger partial charge in [-0.25, -0.2) is 9.97 Å². The second-order valence-electron chi connectivity index (χ2n) is 8.19. The van der Waals surface area contributed by atoms with Crippen LogP contribution < -0.4 is 10.1 Å². The predicted octanol–water partition coefficient (Wildman–Crippen LogP) is 4.66. The van der Waals surface area contributed by atoms with Crippen LogP contribution in [0, 0.1) is 6.92 Å². The van der Waals surface area contributed by atoms with Gasteiger partial charge in [0.2, 0.25) is 0 Å². The normalized spacial score (nSPS) is 16.6. The zero-order chi connectivity index (χ0) is 22.6. The Bertz CT molecular complexity index is 1250. The molecule has 1 aromatic carbocycles. The number of methoxy groups -OCH3 is 1. The van der Waals surface area contributed by atoms with E-state index in [1.807, 2.05) is 55.6 Å². The van der Waals surface area contributed by atoms with Crippen molar-refractivity contribution in [2.24, 2.45) is 0 Å². The van der Waals surface area contributed by atoms with E-state index >= 15 is 0 Å². The topological polar surface area (TPSA) is 72.4 Å². The van der Waals surface area contributed by atoms with Crippen molar-refractivity contribution in [3.05, 3.63) is 83.9 Å². The summed E-state index contributed by atoms with van der Waals surface area (Å²) < 4.78 is 11.5. The molecule has 0 aliphatic carbocycles. The highest BCUT2D eigenvalue weighted by molar-refractivity contribution is 5.84. The van der Waals surface area contributed by atoms with Crippen molar-refractivity contribution in [3.8, 4) is 5.75 Å². The van der Waals surface area contributed by atoms with Crippen LogP contribution in [0.4, 0.5) is 11.5 Å². The number of pyridine rings is 3. The molecule has 0 amide bonds. The molecule has 4 aromatic rings. The summed E-state index contributed by atoms with van der Waals surface area (Å²) in [5.74, 6) is 1.61. The van der Waals surface area contributed by atoms with Gasteiger partial charge in [0.1, 0.15) is 23.2 Å². The van der Waals surface area contributed by atoms with Gasteiger partial charge in [0, 0.05) is 30.7 Å². The molecule has 0 radical (unpaired) electrons. The average molecular weight is 442 g/mol. The fraction of sp³-hybridized carbons (Fsp3) is 0.269. The van der Waals surface area contributed by atoms with E-state index in [0.29, 0.717) is 6.61 Å². The molecule has 0 spiro atoms. The van der Waals surface area contributed by atoms with Crippen molar-refractivity contribution in [2.75, 3.05) is 32.1 Å². The van der Waals surface area contributed by atoms with Crippen molar-refractivity contribution in [1.29, 1.82) is 0 Å². The number of benzene rings is 1. The fourth-order valence-corrected chi connectivity index (χ4v) is 4.10. The van der Waals surface area contributed by atoms with Gasteiger partial charge >= 0.3 is 0 Å². The third-order valence-corrected chi connectivity index (χ3v) is 5.77. The summed E-state index contributed by atoms with van der Waals surface area (Å²) in [4.78, 5) is 16.3. The molecule has 1 aliphatic rings. The standard InChI is InChI=1S/C26H27N5O2/c1-18-5-3-8-25(28-18)29-20-11-12-22(27-15-20)24-17-31(13-14-33-24)16-21-10-9-19-6-4-7-23(32-2)26(19)30-21/h3-12,15,24H,13-14,16-17H2,1-2H3,(H,28,29)/t24-/m1/s1. The lowest BCUT2D eigenvalue weighted by Gasteiger charge is -2.32. The fourth-order valence-electron chi connectivity index (χ4n) is 4.10. The predicted molar refractivity (Wildman–Crippen MR) is 129 cm³/mol. The van der Waals surface area contributed by atoms with Crippen LogP contribution in [0.5, 0.6) is 5.75 Å². The summed E-state index contributed by atoms with van der Waals surface area (Å²) in [6, 6.07) is 20.1. The summed E-state index contributed by atoms with van der Waals surface area (Å²) in [7, 11) is 1.68. The molecule has 5 rings (SSSR count). The van der Waals surface area contributed by atoms with Gasteiger partial charge in [0.15, 0.2) is 0 Å². The van der Waals surface area contributed by atoms with Gasteiger partial charge in [-0.3, -0.25) is 9.88 Å². The number of fused-ring (bicyclic) bond motifs is 1. The Morgan fingerprint density at radius 3 is 2.79 bits per heavy atom. The second kappa shape index (κ2) is 9.52. The number of hydrogen-bond acceptors (Lipinski definition) is 7. The van der Waals surface area contributed by atoms with Gasteiger partial charge in [0.25, 0.3) is 0 Å². The molecule has 0 unspecified atom stereocenters. The molecule has 0 saturated carbocycles. The van der Waals surface area contributed by atoms with Gasteiger partial charge in [0.05, 0.1) is 37.0 Å². The van der Waals surface area contributed by atoms with Gasteiger partial charge in [-0.15, -0.1) is 0 Å². The van der Waals surface area contributed by atoms with E-state index in [0.717, 1.165) is 64.9 Å². The SMILES string of the molecule is COc1cccc2ccc(CN3CCO[C@@H](c4ccc(Nc5cccc(C)n5)cn4)C3)nc12. The Morgan fingerprint density at radius 1 is 1.06 bits per heavy atom. The van der Waals surface area contributed by atoms with Gasteiger partial charge in [-0.2, -0.15) is 0 Å². The second-order valence-corrected chi connectivity index (χ2v) is 8.19. The van der Waals surface area contributed by atoms with Gasteiger partial charge < -0.3 is 14.8 Å². The lowest BCUT2D eigenvalue weighted by molar-refractivity contribution is -0.0353. The van der Waals surface area contributed by atoms with Crippen molar-refractivity contribution < 1.29 is 9.47 Å². The largest absolute Gasteiger partial charge is 0.494 e. The molecule has 33 heavy (non-hydrogen) atoms. The maximum absolute atomic E-state index is 6.04. The van der Waals surface area contributed by atoms with Crippen molar-refractivity contribution in [2.45, 2.75) is 19.6 Å². The molecule has 168 valence electrons. The highest BCUT2D eigenvalue weighted by Gasteiger charge is 2.23. The number of para-hydroxylation sites is 1. The van der Waals surface area contributed by atoms with Crippen LogP contribution in [0.15, 0.2) is 66.9 Å². The summed E-state index contributed by atoms with van der Waals surface area (Å²) in [5.41, 5.74) is 4.72. The number of anilines is 2. The van der Waals surface area contributed by atoms with E-state index in [1.165, 1.54) is 0 Å². The van der Waals surface area contributed by atoms with Crippen molar-refractivity contribution in [1.82, 2.24) is 19.9 Å². The van der Waals surface area contributed by atoms with Crippen molar-refractivity contribution >= 4 is 22.4 Å². The first kappa shape index (κ1) is 21.3. The van der Waals surface area contributed by atoms with Gasteiger partial charge in [-0.1, -0.05) is 24.3 Å². The van der Waals surface area contributed by atoms with Crippen LogP contribution in [0.2, 0.25) is 0 Å². The van der Waals surface area contributed by atoms with Gasteiger partial charge in [-0.05, 0) is 43.3 Å². The van der Waals surface area contributed by atoms with Crippen LogP contribution >= 0.6 is 0 Å². The van der Waals surface area contributed by atoms with Crippen LogP contribution in [0.3, 0.4) is 0 Å². The Morgan fingerprint density at radius 2 is 1.97 bits per heavy atom. The highest BCUT2D eigenvalue weighted by atomic mass is 16.5. The number of nitrogens with one attached hydrogen (secondary N) is 1. The lowest BCUT2D eigenvalue weighted by atomic mass is 10.1. The number of rotatable bonds is 6. The molecular weight excluding hydrogens is 414 g/mol. The van der Waals surface area contributed by atoms with Crippen LogP contribution in [0.25, 0.3) is 10.9 Å². The van der Waals surface area contributed by atoms with E-state index in [4.69, 9.17) is 14.5 Å². The first-order valence-electron chi connectivity index (χ1n) is 11.1. The van der Waals surface area contributed by atoms with Crippen LogP contribution in [-0.4, -0.2) is 46.7 Å². The number of aromatic nitrogens is 3. The number of hydrogen-bond donors (Lipinski definition) is 1. The zero-order valence-corrected chi connectivity index (χ0v) is 18.9. The maximum atomic E-state index is 6.04. The van der Waals surface area contributed by atoms with E-state index in [9.17, 15) is 0 Å². The molecule has 1 fully saturated rings. The van der Waals surface area contributed by atoms with Crippen LogP contribution in [0.1, 0.15) is 23.2 Å². The number of nitrogens with zero attached hydrogens (tertiary/aromatic N) is 4. The monoisotopic (exact) mass is 441 g/mol. The van der Waals surface area contributed by atoms with Crippen LogP contribution in [-0.2, 0) is 11.3 Å². The molecule has 4 heterocycles. The first-order chi connectivity index (χ1) is 16.2. The Labute approximate surface area is 193 Å². The molecule has 0 bridgehead atoms. The Hall–Kier alpha value is -3.55. The number of aryl methyl sites for hydroxylation is 1. The average Bonchev–Trinajstić information content (AvgIpc) is 2.84. The third kappa shape index (κ3) is 4.94. The minimum Gasteiger partial charge on any atom is -0.494 e. The summed E-state index contributed by atoms with van der Waals surface area (Å²) >= 11 is 0. The molecule has 7 heteroatoms.